The molecule has 0 aliphatic heterocycles. The zero-order valence-electron chi connectivity index (χ0n) is 9.83. The normalized spacial score (nSPS) is 13.5. The maximum Gasteiger partial charge on any atom is 0.211 e. The van der Waals surface area contributed by atoms with Crippen LogP contribution in [0.3, 0.4) is 0 Å². The number of aliphatic hydroxyl groups excluding tert-OH is 1. The predicted molar refractivity (Wildman–Crippen MR) is 66.0 cm³/mol. The zero-order valence-corrected chi connectivity index (χ0v) is 10.7. The van der Waals surface area contributed by atoms with Crippen molar-refractivity contribution in [3.63, 3.8) is 0 Å². The fourth-order valence-electron chi connectivity index (χ4n) is 1.28. The highest BCUT2D eigenvalue weighted by molar-refractivity contribution is 7.89. The molecule has 0 aliphatic rings. The third kappa shape index (κ3) is 6.35. The second-order valence-electron chi connectivity index (χ2n) is 3.92. The van der Waals surface area contributed by atoms with Gasteiger partial charge in [0.2, 0.25) is 10.0 Å². The Kier molecular flexibility index (Phi) is 5.54. The van der Waals surface area contributed by atoms with E-state index in [4.69, 9.17) is 5.11 Å². The Morgan fingerprint density at radius 1 is 1.47 bits per heavy atom. The smallest absolute Gasteiger partial charge is 0.211 e. The average Bonchev–Trinajstić information content (AvgIpc) is 2.27. The summed E-state index contributed by atoms with van der Waals surface area (Å²) in [6, 6.07) is 5.42. The fraction of sp³-hybridized carbons (Fsp3) is 0.545. The van der Waals surface area contributed by atoms with Crippen molar-refractivity contribution in [2.24, 2.45) is 0 Å². The maximum atomic E-state index is 11.6. The van der Waals surface area contributed by atoms with Gasteiger partial charge in [0, 0.05) is 24.9 Å². The number of pyridine rings is 1. The molecule has 0 aliphatic carbocycles. The van der Waals surface area contributed by atoms with Gasteiger partial charge in [0.25, 0.3) is 0 Å². The van der Waals surface area contributed by atoms with Gasteiger partial charge in [-0.25, -0.2) is 13.1 Å². The van der Waals surface area contributed by atoms with Gasteiger partial charge >= 0.3 is 0 Å². The molecule has 0 amide bonds. The van der Waals surface area contributed by atoms with Gasteiger partial charge in [0.15, 0.2) is 0 Å². The maximum absolute atomic E-state index is 11.6. The first kappa shape index (κ1) is 14.1. The minimum absolute atomic E-state index is 0.0177. The third-order valence-corrected chi connectivity index (χ3v) is 3.62. The summed E-state index contributed by atoms with van der Waals surface area (Å²) in [6.07, 6.45) is 1.96. The molecule has 2 N–H and O–H groups in total. The molecule has 0 saturated carbocycles. The van der Waals surface area contributed by atoms with Crippen molar-refractivity contribution < 1.29 is 13.5 Å². The van der Waals surface area contributed by atoms with Crippen molar-refractivity contribution in [3.8, 4) is 0 Å². The average molecular weight is 258 g/mol. The SMILES string of the molecule is CC(O)CCNS(=O)(=O)CCc1ccccn1. The molecule has 17 heavy (non-hydrogen) atoms. The van der Waals surface area contributed by atoms with E-state index in [0.717, 1.165) is 5.69 Å². The molecule has 6 heteroatoms. The van der Waals surface area contributed by atoms with Crippen LogP contribution in [0.4, 0.5) is 0 Å². The number of sulfonamides is 1. The molecule has 0 spiro atoms. The van der Waals surface area contributed by atoms with E-state index in [9.17, 15) is 8.42 Å². The second-order valence-corrected chi connectivity index (χ2v) is 5.85. The molecule has 0 aromatic carbocycles. The number of aryl methyl sites for hydroxylation is 1. The van der Waals surface area contributed by atoms with E-state index in [2.05, 4.69) is 9.71 Å². The van der Waals surface area contributed by atoms with Crippen molar-refractivity contribution in [3.05, 3.63) is 30.1 Å². The highest BCUT2D eigenvalue weighted by Crippen LogP contribution is 1.98. The van der Waals surface area contributed by atoms with Crippen LogP contribution in [0.5, 0.6) is 0 Å². The molecular weight excluding hydrogens is 240 g/mol. The largest absolute Gasteiger partial charge is 0.393 e. The summed E-state index contributed by atoms with van der Waals surface area (Å²) in [5.41, 5.74) is 0.758. The van der Waals surface area contributed by atoms with Crippen LogP contribution < -0.4 is 4.72 Å². The van der Waals surface area contributed by atoms with E-state index in [1.54, 1.807) is 25.3 Å². The van der Waals surface area contributed by atoms with Gasteiger partial charge in [-0.1, -0.05) is 6.07 Å². The number of hydrogen-bond acceptors (Lipinski definition) is 4. The summed E-state index contributed by atoms with van der Waals surface area (Å²) < 4.78 is 25.6. The van der Waals surface area contributed by atoms with Gasteiger partial charge < -0.3 is 5.11 Å². The van der Waals surface area contributed by atoms with Crippen LogP contribution in [-0.4, -0.2) is 36.9 Å². The number of aliphatic hydroxyl groups is 1. The summed E-state index contributed by atoms with van der Waals surface area (Å²) in [5, 5.41) is 9.01. The van der Waals surface area contributed by atoms with Gasteiger partial charge in [-0.2, -0.15) is 0 Å². The predicted octanol–water partition coefficient (Wildman–Crippen LogP) is 0.314. The molecule has 0 bridgehead atoms. The van der Waals surface area contributed by atoms with E-state index in [1.165, 1.54) is 0 Å². The van der Waals surface area contributed by atoms with Gasteiger partial charge in [-0.15, -0.1) is 0 Å². The van der Waals surface area contributed by atoms with Gasteiger partial charge in [-0.05, 0) is 25.5 Å². The topological polar surface area (TPSA) is 79.3 Å². The number of hydrogen-bond donors (Lipinski definition) is 2. The van der Waals surface area contributed by atoms with Crippen LogP contribution in [0.25, 0.3) is 0 Å². The minimum Gasteiger partial charge on any atom is -0.393 e. The van der Waals surface area contributed by atoms with Crippen LogP contribution in [0.15, 0.2) is 24.4 Å². The molecule has 1 unspecified atom stereocenters. The zero-order chi connectivity index (χ0) is 12.7. The van der Waals surface area contributed by atoms with E-state index < -0.39 is 16.1 Å². The first-order valence-corrected chi connectivity index (χ1v) is 7.20. The Hall–Kier alpha value is -0.980. The molecule has 1 heterocycles. The van der Waals surface area contributed by atoms with Gasteiger partial charge in [-0.3, -0.25) is 4.98 Å². The van der Waals surface area contributed by atoms with Crippen molar-refractivity contribution in [2.75, 3.05) is 12.3 Å². The first-order valence-electron chi connectivity index (χ1n) is 5.55. The lowest BCUT2D eigenvalue weighted by molar-refractivity contribution is 0.186. The molecule has 1 rings (SSSR count). The Morgan fingerprint density at radius 2 is 2.24 bits per heavy atom. The van der Waals surface area contributed by atoms with Crippen LogP contribution in [0, 0.1) is 0 Å². The lowest BCUT2D eigenvalue weighted by atomic mass is 10.3. The quantitative estimate of drug-likeness (QED) is 0.738. The number of nitrogens with one attached hydrogen (secondary N) is 1. The Labute approximate surface area is 102 Å². The standard InChI is InChI=1S/C11H18N2O3S/c1-10(14)5-8-13-17(15,16)9-6-11-4-2-3-7-12-11/h2-4,7,10,13-14H,5-6,8-9H2,1H3. The van der Waals surface area contributed by atoms with Gasteiger partial charge in [0.1, 0.15) is 0 Å². The summed E-state index contributed by atoms with van der Waals surface area (Å²) in [6.45, 7) is 1.89. The van der Waals surface area contributed by atoms with Crippen LogP contribution in [0.2, 0.25) is 0 Å². The molecule has 0 fully saturated rings. The van der Waals surface area contributed by atoms with Crippen LogP contribution in [-0.2, 0) is 16.4 Å². The van der Waals surface area contributed by atoms with E-state index in [-0.39, 0.29) is 12.3 Å². The molecule has 0 radical (unpaired) electrons. The lowest BCUT2D eigenvalue weighted by Crippen LogP contribution is -2.29. The Bertz CT molecular complexity index is 418. The number of nitrogens with zero attached hydrogens (tertiary/aromatic N) is 1. The second kappa shape index (κ2) is 6.68. The van der Waals surface area contributed by atoms with Crippen LogP contribution in [0.1, 0.15) is 19.0 Å². The fourth-order valence-corrected chi connectivity index (χ4v) is 2.33. The van der Waals surface area contributed by atoms with E-state index in [0.29, 0.717) is 12.8 Å². The van der Waals surface area contributed by atoms with Crippen molar-refractivity contribution in [1.82, 2.24) is 9.71 Å². The highest BCUT2D eigenvalue weighted by Gasteiger charge is 2.10. The van der Waals surface area contributed by atoms with Crippen LogP contribution >= 0.6 is 0 Å². The minimum atomic E-state index is -3.28. The summed E-state index contributed by atoms with van der Waals surface area (Å²) >= 11 is 0. The first-order chi connectivity index (χ1) is 7.99. The van der Waals surface area contributed by atoms with Gasteiger partial charge in [0.05, 0.1) is 11.9 Å². The summed E-state index contributed by atoms with van der Waals surface area (Å²) in [4.78, 5) is 4.06. The molecule has 5 nitrogen and oxygen atoms in total. The Morgan fingerprint density at radius 3 is 2.82 bits per heavy atom. The molecule has 1 atom stereocenters. The third-order valence-electron chi connectivity index (χ3n) is 2.24. The molecule has 1 aromatic heterocycles. The summed E-state index contributed by atoms with van der Waals surface area (Å²) in [7, 11) is -3.28. The van der Waals surface area contributed by atoms with Crippen molar-refractivity contribution in [1.29, 1.82) is 0 Å². The number of rotatable bonds is 7. The molecular formula is C11H18N2O3S. The molecule has 0 saturated heterocycles. The van der Waals surface area contributed by atoms with E-state index in [1.807, 2.05) is 6.07 Å². The number of aromatic nitrogens is 1. The molecule has 1 aromatic rings. The van der Waals surface area contributed by atoms with E-state index >= 15 is 0 Å². The Balaban J connectivity index is 2.35. The van der Waals surface area contributed by atoms with Crippen molar-refractivity contribution in [2.45, 2.75) is 25.9 Å². The monoisotopic (exact) mass is 258 g/mol. The lowest BCUT2D eigenvalue weighted by Gasteiger charge is -2.07. The summed E-state index contributed by atoms with van der Waals surface area (Å²) in [5.74, 6) is 0.0177. The van der Waals surface area contributed by atoms with Crippen molar-refractivity contribution >= 4 is 10.0 Å². The molecule has 96 valence electrons. The highest BCUT2D eigenvalue weighted by atomic mass is 32.2.